The zero-order valence-electron chi connectivity index (χ0n) is 8.63. The Morgan fingerprint density at radius 3 is 2.08 bits per heavy atom. The monoisotopic (exact) mass is 171 g/mol. The summed E-state index contributed by atoms with van der Waals surface area (Å²) in [6, 6.07) is 0.284. The van der Waals surface area contributed by atoms with Crippen molar-refractivity contribution < 1.29 is 4.74 Å². The van der Waals surface area contributed by atoms with Crippen molar-refractivity contribution in [1.82, 2.24) is 0 Å². The van der Waals surface area contributed by atoms with E-state index in [1.54, 1.807) is 0 Å². The molecule has 0 aromatic rings. The third-order valence-corrected chi connectivity index (χ3v) is 3.27. The standard InChI is InChI=1S/C10H21NO/c1-7(2)9(11)10(3,4)8-5-12-6-8/h7-9H,5-6,11H2,1-4H3. The Balaban J connectivity index is 2.56. The topological polar surface area (TPSA) is 35.2 Å². The van der Waals surface area contributed by atoms with E-state index in [2.05, 4.69) is 27.7 Å². The van der Waals surface area contributed by atoms with Gasteiger partial charge in [0.25, 0.3) is 0 Å². The molecule has 0 aliphatic carbocycles. The van der Waals surface area contributed by atoms with E-state index in [-0.39, 0.29) is 11.5 Å². The van der Waals surface area contributed by atoms with Crippen LogP contribution in [-0.2, 0) is 4.74 Å². The van der Waals surface area contributed by atoms with Gasteiger partial charge in [-0.05, 0) is 11.3 Å². The van der Waals surface area contributed by atoms with Crippen molar-refractivity contribution >= 4 is 0 Å². The summed E-state index contributed by atoms with van der Waals surface area (Å²) in [4.78, 5) is 0. The molecule has 0 bridgehead atoms. The Bertz CT molecular complexity index is 150. The van der Waals surface area contributed by atoms with Crippen LogP contribution in [0.5, 0.6) is 0 Å². The molecule has 0 aromatic carbocycles. The molecule has 0 amide bonds. The van der Waals surface area contributed by atoms with Crippen LogP contribution in [0.4, 0.5) is 0 Å². The largest absolute Gasteiger partial charge is 0.381 e. The van der Waals surface area contributed by atoms with Crippen LogP contribution in [0.1, 0.15) is 27.7 Å². The highest BCUT2D eigenvalue weighted by Gasteiger charge is 2.40. The van der Waals surface area contributed by atoms with Gasteiger partial charge < -0.3 is 10.5 Å². The maximum Gasteiger partial charge on any atom is 0.0522 e. The highest BCUT2D eigenvalue weighted by atomic mass is 16.5. The van der Waals surface area contributed by atoms with Crippen molar-refractivity contribution in [2.45, 2.75) is 33.7 Å². The van der Waals surface area contributed by atoms with E-state index in [0.717, 1.165) is 13.2 Å². The zero-order valence-corrected chi connectivity index (χ0v) is 8.63. The number of nitrogens with two attached hydrogens (primary N) is 1. The highest BCUT2D eigenvalue weighted by molar-refractivity contribution is 4.91. The number of hydrogen-bond donors (Lipinski definition) is 1. The first-order valence-corrected chi connectivity index (χ1v) is 4.79. The van der Waals surface area contributed by atoms with Gasteiger partial charge in [0, 0.05) is 12.0 Å². The van der Waals surface area contributed by atoms with Gasteiger partial charge in [-0.2, -0.15) is 0 Å². The molecule has 1 aliphatic heterocycles. The van der Waals surface area contributed by atoms with E-state index in [1.165, 1.54) is 0 Å². The molecule has 0 saturated carbocycles. The van der Waals surface area contributed by atoms with E-state index in [0.29, 0.717) is 11.8 Å². The van der Waals surface area contributed by atoms with Gasteiger partial charge in [0.15, 0.2) is 0 Å². The fourth-order valence-corrected chi connectivity index (χ4v) is 1.80. The van der Waals surface area contributed by atoms with Crippen LogP contribution >= 0.6 is 0 Å². The molecule has 1 atom stereocenters. The third kappa shape index (κ3) is 1.64. The van der Waals surface area contributed by atoms with Crippen LogP contribution in [0.15, 0.2) is 0 Å². The van der Waals surface area contributed by atoms with Crippen molar-refractivity contribution in [3.8, 4) is 0 Å². The summed E-state index contributed by atoms with van der Waals surface area (Å²) < 4.78 is 5.20. The Morgan fingerprint density at radius 1 is 1.33 bits per heavy atom. The molecular formula is C10H21NO. The molecule has 1 fully saturated rings. The van der Waals surface area contributed by atoms with Gasteiger partial charge >= 0.3 is 0 Å². The summed E-state index contributed by atoms with van der Waals surface area (Å²) >= 11 is 0. The maximum atomic E-state index is 6.15. The Morgan fingerprint density at radius 2 is 1.83 bits per heavy atom. The average Bonchev–Trinajstić information content (AvgIpc) is 1.80. The number of ether oxygens (including phenoxy) is 1. The summed E-state index contributed by atoms with van der Waals surface area (Å²) in [6.07, 6.45) is 0. The predicted octanol–water partition coefficient (Wildman–Crippen LogP) is 1.64. The minimum absolute atomic E-state index is 0.229. The van der Waals surface area contributed by atoms with Gasteiger partial charge in [0.2, 0.25) is 0 Å². The lowest BCUT2D eigenvalue weighted by atomic mass is 9.69. The highest BCUT2D eigenvalue weighted by Crippen LogP contribution is 2.37. The van der Waals surface area contributed by atoms with Crippen LogP contribution in [-0.4, -0.2) is 19.3 Å². The lowest BCUT2D eigenvalue weighted by Gasteiger charge is -2.45. The molecular weight excluding hydrogens is 150 g/mol. The second-order valence-electron chi connectivity index (χ2n) is 4.83. The lowest BCUT2D eigenvalue weighted by molar-refractivity contribution is -0.0991. The fourth-order valence-electron chi connectivity index (χ4n) is 1.80. The summed E-state index contributed by atoms with van der Waals surface area (Å²) in [5, 5.41) is 0. The quantitative estimate of drug-likeness (QED) is 0.700. The lowest BCUT2D eigenvalue weighted by Crippen LogP contribution is -2.52. The predicted molar refractivity (Wildman–Crippen MR) is 50.9 cm³/mol. The molecule has 1 unspecified atom stereocenters. The van der Waals surface area contributed by atoms with E-state index in [1.807, 2.05) is 0 Å². The minimum atomic E-state index is 0.229. The van der Waals surface area contributed by atoms with Crippen molar-refractivity contribution in [1.29, 1.82) is 0 Å². The smallest absolute Gasteiger partial charge is 0.0522 e. The van der Waals surface area contributed by atoms with Gasteiger partial charge in [-0.25, -0.2) is 0 Å². The molecule has 2 N–H and O–H groups in total. The molecule has 1 aliphatic rings. The molecule has 1 saturated heterocycles. The first kappa shape index (κ1) is 10.0. The molecule has 12 heavy (non-hydrogen) atoms. The van der Waals surface area contributed by atoms with E-state index in [9.17, 15) is 0 Å². The maximum absolute atomic E-state index is 6.15. The van der Waals surface area contributed by atoms with Crippen LogP contribution in [0.2, 0.25) is 0 Å². The molecule has 72 valence electrons. The van der Waals surface area contributed by atoms with E-state index in [4.69, 9.17) is 10.5 Å². The van der Waals surface area contributed by atoms with Crippen molar-refractivity contribution in [2.24, 2.45) is 23.0 Å². The molecule has 2 nitrogen and oxygen atoms in total. The summed E-state index contributed by atoms with van der Waals surface area (Å²) in [5.41, 5.74) is 6.38. The van der Waals surface area contributed by atoms with Crippen molar-refractivity contribution in [3.63, 3.8) is 0 Å². The molecule has 0 spiro atoms. The minimum Gasteiger partial charge on any atom is -0.381 e. The van der Waals surface area contributed by atoms with Crippen molar-refractivity contribution in [3.05, 3.63) is 0 Å². The van der Waals surface area contributed by atoms with E-state index >= 15 is 0 Å². The van der Waals surface area contributed by atoms with Crippen LogP contribution in [0, 0.1) is 17.3 Å². The van der Waals surface area contributed by atoms with Gasteiger partial charge in [-0.1, -0.05) is 27.7 Å². The second-order valence-corrected chi connectivity index (χ2v) is 4.83. The molecule has 0 radical (unpaired) electrons. The van der Waals surface area contributed by atoms with Gasteiger partial charge in [0.1, 0.15) is 0 Å². The Labute approximate surface area is 75.5 Å². The summed E-state index contributed by atoms with van der Waals surface area (Å²) in [5.74, 6) is 1.22. The van der Waals surface area contributed by atoms with Crippen LogP contribution in [0.25, 0.3) is 0 Å². The van der Waals surface area contributed by atoms with Crippen LogP contribution in [0.3, 0.4) is 0 Å². The SMILES string of the molecule is CC(C)C(N)C(C)(C)C1COC1. The van der Waals surface area contributed by atoms with Gasteiger partial charge in [-0.3, -0.25) is 0 Å². The average molecular weight is 171 g/mol. The summed E-state index contributed by atoms with van der Waals surface area (Å²) in [7, 11) is 0. The van der Waals surface area contributed by atoms with Crippen molar-refractivity contribution in [2.75, 3.05) is 13.2 Å². The third-order valence-electron chi connectivity index (χ3n) is 3.27. The van der Waals surface area contributed by atoms with Gasteiger partial charge in [-0.15, -0.1) is 0 Å². The molecule has 1 rings (SSSR count). The molecule has 2 heteroatoms. The first-order valence-electron chi connectivity index (χ1n) is 4.79. The second kappa shape index (κ2) is 3.35. The Kier molecular flexibility index (Phi) is 2.79. The van der Waals surface area contributed by atoms with E-state index < -0.39 is 0 Å². The normalized spacial score (nSPS) is 22.5. The van der Waals surface area contributed by atoms with Gasteiger partial charge in [0.05, 0.1) is 13.2 Å². The Hall–Kier alpha value is -0.0800. The van der Waals surface area contributed by atoms with Crippen LogP contribution < -0.4 is 5.73 Å². The summed E-state index contributed by atoms with van der Waals surface area (Å²) in [6.45, 7) is 10.7. The molecule has 0 aromatic heterocycles. The first-order chi connectivity index (χ1) is 5.46. The fraction of sp³-hybridized carbons (Fsp3) is 1.00. The zero-order chi connectivity index (χ0) is 9.35. The molecule has 1 heterocycles. The number of rotatable bonds is 3. The number of hydrogen-bond acceptors (Lipinski definition) is 2.